The summed E-state index contributed by atoms with van der Waals surface area (Å²) in [6, 6.07) is 10.2. The first-order valence-electron chi connectivity index (χ1n) is 10.3. The van der Waals surface area contributed by atoms with Crippen LogP contribution in [0.2, 0.25) is 0 Å². The number of fused-ring (bicyclic) bond motifs is 1. The minimum Gasteiger partial charge on any atom is -0.477 e. The number of thiophene rings is 1. The van der Waals surface area contributed by atoms with Crippen molar-refractivity contribution in [3.63, 3.8) is 0 Å². The molecule has 0 radical (unpaired) electrons. The average Bonchev–Trinajstić information content (AvgIpc) is 3.36. The van der Waals surface area contributed by atoms with E-state index in [1.54, 1.807) is 12.3 Å². The third kappa shape index (κ3) is 3.99. The molecule has 1 N–H and O–H groups in total. The van der Waals surface area contributed by atoms with Gasteiger partial charge < -0.3 is 5.11 Å². The molecule has 0 amide bonds. The van der Waals surface area contributed by atoms with Crippen LogP contribution in [-0.2, 0) is 17.4 Å². The Morgan fingerprint density at radius 1 is 1.13 bits per heavy atom. The van der Waals surface area contributed by atoms with E-state index in [0.29, 0.717) is 11.4 Å². The van der Waals surface area contributed by atoms with Gasteiger partial charge in [0.2, 0.25) is 0 Å². The Kier molecular flexibility index (Phi) is 5.18. The molecule has 2 aromatic heterocycles. The summed E-state index contributed by atoms with van der Waals surface area (Å²) in [4.78, 5) is 12.5. The van der Waals surface area contributed by atoms with E-state index < -0.39 is 5.97 Å². The molecular formula is C25H28N2O2S. The van der Waals surface area contributed by atoms with E-state index in [0.717, 1.165) is 4.88 Å². The normalized spacial score (nSPS) is 17.2. The Labute approximate surface area is 181 Å². The molecule has 4 rings (SSSR count). The molecule has 30 heavy (non-hydrogen) atoms. The lowest BCUT2D eigenvalue weighted by Gasteiger charge is -2.42. The smallest absolute Gasteiger partial charge is 0.345 e. The van der Waals surface area contributed by atoms with Gasteiger partial charge in [-0.3, -0.25) is 4.68 Å². The molecule has 0 aliphatic heterocycles. The molecular weight excluding hydrogens is 392 g/mol. The number of rotatable bonds is 5. The lowest BCUT2D eigenvalue weighted by atomic mass is 9.62. The summed E-state index contributed by atoms with van der Waals surface area (Å²) in [5.41, 5.74) is 5.53. The van der Waals surface area contributed by atoms with Crippen LogP contribution < -0.4 is 0 Å². The van der Waals surface area contributed by atoms with Gasteiger partial charge in [0, 0.05) is 17.3 Å². The van der Waals surface area contributed by atoms with Crippen LogP contribution in [-0.4, -0.2) is 20.9 Å². The molecule has 0 unspecified atom stereocenters. The van der Waals surface area contributed by atoms with Gasteiger partial charge in [-0.15, -0.1) is 11.3 Å². The summed E-state index contributed by atoms with van der Waals surface area (Å²) in [6.45, 7) is 10.1. The van der Waals surface area contributed by atoms with Crippen molar-refractivity contribution in [1.82, 2.24) is 9.78 Å². The number of benzene rings is 1. The predicted molar refractivity (Wildman–Crippen MR) is 123 cm³/mol. The molecule has 0 bridgehead atoms. The van der Waals surface area contributed by atoms with Gasteiger partial charge in [0.25, 0.3) is 0 Å². The molecule has 4 nitrogen and oxygen atoms in total. The Morgan fingerprint density at radius 3 is 2.43 bits per heavy atom. The molecule has 0 saturated carbocycles. The van der Waals surface area contributed by atoms with Crippen LogP contribution in [0.25, 0.3) is 12.2 Å². The summed E-state index contributed by atoms with van der Waals surface area (Å²) < 4.78 is 1.95. The zero-order valence-corrected chi connectivity index (χ0v) is 18.8. The minimum atomic E-state index is -0.878. The predicted octanol–water partition coefficient (Wildman–Crippen LogP) is 6.21. The number of hydrogen-bond acceptors (Lipinski definition) is 3. The first kappa shape index (κ1) is 20.6. The van der Waals surface area contributed by atoms with Gasteiger partial charge in [0.15, 0.2) is 0 Å². The lowest BCUT2D eigenvalue weighted by Crippen LogP contribution is -2.34. The quantitative estimate of drug-likeness (QED) is 0.534. The highest BCUT2D eigenvalue weighted by atomic mass is 32.1. The van der Waals surface area contributed by atoms with Gasteiger partial charge in [-0.05, 0) is 70.2 Å². The van der Waals surface area contributed by atoms with Gasteiger partial charge in [-0.2, -0.15) is 5.10 Å². The van der Waals surface area contributed by atoms with Crippen LogP contribution in [0.5, 0.6) is 0 Å². The van der Waals surface area contributed by atoms with Crippen LogP contribution >= 0.6 is 11.3 Å². The largest absolute Gasteiger partial charge is 0.477 e. The van der Waals surface area contributed by atoms with Gasteiger partial charge in [0.1, 0.15) is 4.88 Å². The van der Waals surface area contributed by atoms with Crippen molar-refractivity contribution >= 4 is 29.5 Å². The van der Waals surface area contributed by atoms with E-state index in [1.165, 1.54) is 46.4 Å². The van der Waals surface area contributed by atoms with Gasteiger partial charge in [-0.25, -0.2) is 4.79 Å². The molecule has 1 aromatic carbocycles. The summed E-state index contributed by atoms with van der Waals surface area (Å²) >= 11 is 1.30. The van der Waals surface area contributed by atoms with E-state index in [4.69, 9.17) is 0 Å². The summed E-state index contributed by atoms with van der Waals surface area (Å²) in [5.74, 6) is -0.878. The fourth-order valence-electron chi connectivity index (χ4n) is 4.27. The van der Waals surface area contributed by atoms with E-state index in [-0.39, 0.29) is 10.8 Å². The van der Waals surface area contributed by atoms with E-state index in [2.05, 4.69) is 51.0 Å². The van der Waals surface area contributed by atoms with Crippen molar-refractivity contribution in [3.05, 3.63) is 74.7 Å². The fourth-order valence-corrected chi connectivity index (χ4v) is 5.01. The number of aromatic carboxylic acids is 1. The summed E-state index contributed by atoms with van der Waals surface area (Å²) in [7, 11) is 0. The van der Waals surface area contributed by atoms with Crippen LogP contribution in [0, 0.1) is 0 Å². The zero-order chi connectivity index (χ0) is 21.5. The maximum absolute atomic E-state index is 11.2. The molecule has 0 atom stereocenters. The van der Waals surface area contributed by atoms with E-state index in [9.17, 15) is 9.90 Å². The number of hydrogen-bond donors (Lipinski definition) is 1. The SMILES string of the molecule is CC1(C)CCC(C)(C)c2cc(Cn3cccn3)c(/C=C/c3ccc(C(=O)O)s3)cc21. The number of carboxylic acid groups (broad SMARTS) is 1. The van der Waals surface area contributed by atoms with E-state index in [1.807, 2.05) is 29.1 Å². The second-order valence-corrected chi connectivity index (χ2v) is 10.5. The van der Waals surface area contributed by atoms with Crippen molar-refractivity contribution in [1.29, 1.82) is 0 Å². The molecule has 0 saturated heterocycles. The first-order valence-corrected chi connectivity index (χ1v) is 11.1. The molecule has 1 aliphatic carbocycles. The topological polar surface area (TPSA) is 55.1 Å². The maximum atomic E-state index is 11.2. The molecule has 3 aromatic rings. The number of aromatic nitrogens is 2. The lowest BCUT2D eigenvalue weighted by molar-refractivity contribution is 0.0702. The maximum Gasteiger partial charge on any atom is 0.345 e. The van der Waals surface area contributed by atoms with Crippen LogP contribution in [0.4, 0.5) is 0 Å². The van der Waals surface area contributed by atoms with Gasteiger partial charge in [0.05, 0.1) is 6.54 Å². The van der Waals surface area contributed by atoms with Crippen LogP contribution in [0.3, 0.4) is 0 Å². The fraction of sp³-hybridized carbons (Fsp3) is 0.360. The van der Waals surface area contributed by atoms with E-state index >= 15 is 0 Å². The highest BCUT2D eigenvalue weighted by Crippen LogP contribution is 2.46. The van der Waals surface area contributed by atoms with Crippen molar-refractivity contribution in [2.24, 2.45) is 0 Å². The van der Waals surface area contributed by atoms with Crippen LogP contribution in [0.15, 0.2) is 42.7 Å². The second kappa shape index (κ2) is 7.55. The molecule has 2 heterocycles. The zero-order valence-electron chi connectivity index (χ0n) is 18.0. The molecule has 1 aliphatic rings. The van der Waals surface area contributed by atoms with Crippen molar-refractivity contribution < 1.29 is 9.90 Å². The molecule has 5 heteroatoms. The molecule has 0 fully saturated rings. The average molecular weight is 421 g/mol. The monoisotopic (exact) mass is 420 g/mol. The second-order valence-electron chi connectivity index (χ2n) is 9.41. The Balaban J connectivity index is 1.80. The summed E-state index contributed by atoms with van der Waals surface area (Å²) in [5, 5.41) is 13.6. The standard InChI is InChI=1S/C25H28N2O2S/c1-24(2)10-11-25(3,4)21-15-18(16-27-13-5-12-26-27)17(14-20(21)24)6-7-19-8-9-22(30-19)23(28)29/h5-9,12-15H,10-11,16H2,1-4H3,(H,28,29)/b7-6+. The van der Waals surface area contributed by atoms with Gasteiger partial charge >= 0.3 is 5.97 Å². The van der Waals surface area contributed by atoms with Gasteiger partial charge in [-0.1, -0.05) is 45.9 Å². The number of carboxylic acids is 1. The summed E-state index contributed by atoms with van der Waals surface area (Å²) in [6.07, 6.45) is 10.3. The number of carbonyl (C=O) groups is 1. The molecule has 156 valence electrons. The Morgan fingerprint density at radius 2 is 1.83 bits per heavy atom. The highest BCUT2D eigenvalue weighted by molar-refractivity contribution is 7.14. The van der Waals surface area contributed by atoms with Crippen LogP contribution in [0.1, 0.15) is 77.3 Å². The third-order valence-electron chi connectivity index (χ3n) is 6.27. The first-order chi connectivity index (χ1) is 14.2. The Bertz CT molecular complexity index is 1100. The van der Waals surface area contributed by atoms with Crippen molar-refractivity contribution in [3.8, 4) is 0 Å². The molecule has 0 spiro atoms. The number of nitrogens with zero attached hydrogens (tertiary/aromatic N) is 2. The Hall–Kier alpha value is -2.66. The van der Waals surface area contributed by atoms with Crippen molar-refractivity contribution in [2.45, 2.75) is 57.9 Å². The minimum absolute atomic E-state index is 0.136. The highest BCUT2D eigenvalue weighted by Gasteiger charge is 2.37. The third-order valence-corrected chi connectivity index (χ3v) is 7.31. The van der Waals surface area contributed by atoms with Crippen molar-refractivity contribution in [2.75, 3.05) is 0 Å².